The number of halogens is 1. The Labute approximate surface area is 179 Å². The van der Waals surface area contributed by atoms with Crippen LogP contribution in [0.5, 0.6) is 0 Å². The lowest BCUT2D eigenvalue weighted by atomic mass is 9.76. The van der Waals surface area contributed by atoms with Gasteiger partial charge in [0.15, 0.2) is 0 Å². The molecule has 1 aromatic carbocycles. The van der Waals surface area contributed by atoms with Gasteiger partial charge in [-0.2, -0.15) is 0 Å². The van der Waals surface area contributed by atoms with Crippen LogP contribution in [0, 0.1) is 0 Å². The Kier molecular flexibility index (Phi) is 4.60. The van der Waals surface area contributed by atoms with Crippen LogP contribution in [-0.2, 0) is 25.7 Å². The van der Waals surface area contributed by atoms with Crippen LogP contribution in [0.2, 0.25) is 5.02 Å². The molecule has 1 aromatic heterocycles. The minimum absolute atomic E-state index is 0.402. The van der Waals surface area contributed by atoms with Crippen molar-refractivity contribution in [3.63, 3.8) is 0 Å². The standard InChI is InChI=1S/C21H30B2ClNO4/c1-18(2)19(3,4)27-22(26-18)15-10-13(24)11-16-14(15)12-17(25(16)9)23-28-20(5,6)21(7,8)29-23/h10-12H,1-9H3. The van der Waals surface area contributed by atoms with E-state index in [2.05, 4.69) is 66.0 Å². The number of fused-ring (bicyclic) bond motifs is 1. The summed E-state index contributed by atoms with van der Waals surface area (Å²) in [5, 5.41) is 1.67. The van der Waals surface area contributed by atoms with E-state index in [0.717, 1.165) is 22.0 Å². The molecule has 2 aliphatic rings. The number of hydrogen-bond donors (Lipinski definition) is 0. The van der Waals surface area contributed by atoms with Gasteiger partial charge in [-0.3, -0.25) is 0 Å². The summed E-state index contributed by atoms with van der Waals surface area (Å²) in [5.74, 6) is 0. The fourth-order valence-electron chi connectivity index (χ4n) is 3.80. The van der Waals surface area contributed by atoms with Gasteiger partial charge in [-0.25, -0.2) is 0 Å². The molecule has 2 saturated heterocycles. The largest absolute Gasteiger partial charge is 0.512 e. The maximum atomic E-state index is 6.49. The summed E-state index contributed by atoms with van der Waals surface area (Å²) in [6.07, 6.45) is 0. The van der Waals surface area contributed by atoms with E-state index in [0.29, 0.717) is 5.02 Å². The van der Waals surface area contributed by atoms with Gasteiger partial charge in [-0.1, -0.05) is 11.6 Å². The molecule has 2 aromatic rings. The van der Waals surface area contributed by atoms with Crippen LogP contribution in [0.15, 0.2) is 18.2 Å². The van der Waals surface area contributed by atoms with Crippen molar-refractivity contribution in [2.75, 3.05) is 0 Å². The van der Waals surface area contributed by atoms with Crippen molar-refractivity contribution in [3.05, 3.63) is 23.2 Å². The van der Waals surface area contributed by atoms with Gasteiger partial charge in [-0.15, -0.1) is 0 Å². The first-order valence-corrected chi connectivity index (χ1v) is 10.5. The molecule has 3 heterocycles. The zero-order valence-electron chi connectivity index (χ0n) is 18.8. The molecule has 29 heavy (non-hydrogen) atoms. The maximum absolute atomic E-state index is 6.49. The van der Waals surface area contributed by atoms with Gasteiger partial charge < -0.3 is 23.2 Å². The molecule has 156 valence electrons. The van der Waals surface area contributed by atoms with E-state index in [1.54, 1.807) is 0 Å². The predicted octanol–water partition coefficient (Wildman–Crippen LogP) is 3.43. The average molecular weight is 418 g/mol. The van der Waals surface area contributed by atoms with E-state index >= 15 is 0 Å². The lowest BCUT2D eigenvalue weighted by molar-refractivity contribution is 0.00578. The van der Waals surface area contributed by atoms with E-state index in [1.165, 1.54) is 0 Å². The Morgan fingerprint density at radius 1 is 0.724 bits per heavy atom. The molecule has 0 radical (unpaired) electrons. The fourth-order valence-corrected chi connectivity index (χ4v) is 4.02. The SMILES string of the molecule is Cn1c(B2OC(C)(C)C(C)(C)O2)cc2c(B3OC(C)(C)C(C)(C)O3)cc(Cl)cc21. The molecule has 8 heteroatoms. The van der Waals surface area contributed by atoms with Gasteiger partial charge in [0.05, 0.1) is 22.4 Å². The second-order valence-corrected chi connectivity index (χ2v) is 10.7. The Bertz CT molecular complexity index is 951. The van der Waals surface area contributed by atoms with Crippen LogP contribution in [0.25, 0.3) is 10.9 Å². The summed E-state index contributed by atoms with van der Waals surface area (Å²) >= 11 is 6.49. The summed E-state index contributed by atoms with van der Waals surface area (Å²) < 4.78 is 27.3. The summed E-state index contributed by atoms with van der Waals surface area (Å²) in [5.41, 5.74) is 1.21. The molecule has 0 bridgehead atoms. The lowest BCUT2D eigenvalue weighted by Crippen LogP contribution is -2.41. The first-order valence-electron chi connectivity index (χ1n) is 10.2. The highest BCUT2D eigenvalue weighted by Crippen LogP contribution is 2.38. The van der Waals surface area contributed by atoms with E-state index in [-0.39, 0.29) is 0 Å². The van der Waals surface area contributed by atoms with Crippen LogP contribution >= 0.6 is 11.6 Å². The van der Waals surface area contributed by atoms with Gasteiger partial charge in [0.2, 0.25) is 0 Å². The van der Waals surface area contributed by atoms with Crippen molar-refractivity contribution in [3.8, 4) is 0 Å². The molecular weight excluding hydrogens is 387 g/mol. The number of nitrogens with zero attached hydrogens (tertiary/aromatic N) is 1. The Hall–Kier alpha value is -0.980. The minimum atomic E-state index is -0.491. The third-order valence-electron chi connectivity index (χ3n) is 7.20. The molecule has 0 N–H and O–H groups in total. The molecule has 0 aliphatic carbocycles. The van der Waals surface area contributed by atoms with Crippen LogP contribution in [0.3, 0.4) is 0 Å². The van der Waals surface area contributed by atoms with Crippen molar-refractivity contribution < 1.29 is 18.6 Å². The molecule has 2 fully saturated rings. The van der Waals surface area contributed by atoms with Crippen molar-refractivity contribution in [1.29, 1.82) is 0 Å². The number of hydrogen-bond acceptors (Lipinski definition) is 4. The summed E-state index contributed by atoms with van der Waals surface area (Å²) in [6.45, 7) is 16.4. The van der Waals surface area contributed by atoms with E-state index in [1.807, 2.05) is 19.2 Å². The van der Waals surface area contributed by atoms with Crippen LogP contribution in [-0.4, -0.2) is 41.2 Å². The fraction of sp³-hybridized carbons (Fsp3) is 0.619. The van der Waals surface area contributed by atoms with Gasteiger partial charge >= 0.3 is 14.2 Å². The van der Waals surface area contributed by atoms with Gasteiger partial charge in [0.25, 0.3) is 0 Å². The van der Waals surface area contributed by atoms with E-state index < -0.39 is 36.6 Å². The zero-order valence-corrected chi connectivity index (χ0v) is 19.6. The Morgan fingerprint density at radius 2 is 1.17 bits per heavy atom. The quantitative estimate of drug-likeness (QED) is 0.702. The monoisotopic (exact) mass is 417 g/mol. The number of benzene rings is 1. The predicted molar refractivity (Wildman–Crippen MR) is 119 cm³/mol. The Balaban J connectivity index is 1.81. The molecule has 0 atom stereocenters. The highest BCUT2D eigenvalue weighted by atomic mass is 35.5. The van der Waals surface area contributed by atoms with E-state index in [9.17, 15) is 0 Å². The number of aryl methyl sites for hydroxylation is 1. The second kappa shape index (κ2) is 6.27. The molecule has 0 saturated carbocycles. The molecule has 5 nitrogen and oxygen atoms in total. The van der Waals surface area contributed by atoms with Gasteiger partial charge in [-0.05, 0) is 84.4 Å². The van der Waals surface area contributed by atoms with Crippen molar-refractivity contribution >= 4 is 47.8 Å². The molecule has 0 spiro atoms. The topological polar surface area (TPSA) is 41.9 Å². The molecule has 0 amide bonds. The normalized spacial score (nSPS) is 24.6. The maximum Gasteiger partial charge on any atom is 0.512 e. The molecule has 0 unspecified atom stereocenters. The highest BCUT2D eigenvalue weighted by Gasteiger charge is 2.54. The summed E-state index contributed by atoms with van der Waals surface area (Å²) in [7, 11) is 1.06. The van der Waals surface area contributed by atoms with Crippen LogP contribution in [0.1, 0.15) is 55.4 Å². The first-order chi connectivity index (χ1) is 13.2. The highest BCUT2D eigenvalue weighted by molar-refractivity contribution is 6.67. The van der Waals surface area contributed by atoms with Crippen LogP contribution in [0.4, 0.5) is 0 Å². The van der Waals surface area contributed by atoms with Crippen LogP contribution < -0.4 is 11.1 Å². The molecule has 4 rings (SSSR count). The zero-order chi connectivity index (χ0) is 21.6. The third-order valence-corrected chi connectivity index (χ3v) is 7.42. The first kappa shape index (κ1) is 21.3. The van der Waals surface area contributed by atoms with Gasteiger partial charge in [0, 0.05) is 23.2 Å². The lowest BCUT2D eigenvalue weighted by Gasteiger charge is -2.32. The van der Waals surface area contributed by atoms with Crippen molar-refractivity contribution in [2.45, 2.75) is 77.8 Å². The summed E-state index contributed by atoms with van der Waals surface area (Å²) in [4.78, 5) is 0. The van der Waals surface area contributed by atoms with E-state index in [4.69, 9.17) is 30.2 Å². The Morgan fingerprint density at radius 3 is 1.66 bits per heavy atom. The number of aromatic nitrogens is 1. The van der Waals surface area contributed by atoms with Crippen molar-refractivity contribution in [1.82, 2.24) is 4.57 Å². The smallest absolute Gasteiger partial charge is 0.399 e. The molecule has 2 aliphatic heterocycles. The van der Waals surface area contributed by atoms with Gasteiger partial charge in [0.1, 0.15) is 0 Å². The molecular formula is C21H30B2ClNO4. The summed E-state index contributed by atoms with van der Waals surface area (Å²) in [6, 6.07) is 5.99. The second-order valence-electron chi connectivity index (χ2n) is 10.2. The number of rotatable bonds is 2. The average Bonchev–Trinajstić information content (AvgIpc) is 3.07. The van der Waals surface area contributed by atoms with Crippen molar-refractivity contribution in [2.24, 2.45) is 7.05 Å². The minimum Gasteiger partial charge on any atom is -0.399 e. The third kappa shape index (κ3) is 3.17.